The molecule has 12 nitrogen and oxygen atoms in total. The smallest absolute Gasteiger partial charge is 0.343 e. The predicted octanol–water partition coefficient (Wildman–Crippen LogP) is 5.35. The lowest BCUT2D eigenvalue weighted by Crippen LogP contribution is -2.44. The van der Waals surface area contributed by atoms with Crippen molar-refractivity contribution in [3.8, 4) is 22.8 Å². The minimum absolute atomic E-state index is 0.0893. The number of hydrogen-bond acceptors (Lipinski definition) is 10. The van der Waals surface area contributed by atoms with Gasteiger partial charge in [0.05, 0.1) is 74.2 Å². The Morgan fingerprint density at radius 2 is 0.984 bits per heavy atom. The van der Waals surface area contributed by atoms with E-state index in [0.29, 0.717) is 46.7 Å². The number of cyclic esters (lactones) is 2. The van der Waals surface area contributed by atoms with Crippen LogP contribution in [0, 0.1) is 0 Å². The Morgan fingerprint density at radius 1 is 0.597 bits per heavy atom. The molecule has 2 N–H and O–H groups in total. The number of aliphatic hydroxyl groups is 2. The third-order valence-corrected chi connectivity index (χ3v) is 17.8. The lowest BCUT2D eigenvalue weighted by atomic mass is 9.86. The number of hydrogen-bond donors (Lipinski definition) is 2. The topological polar surface area (TPSA) is 163 Å². The first-order valence-electron chi connectivity index (χ1n) is 21.5. The van der Waals surface area contributed by atoms with Crippen LogP contribution >= 0.6 is 0 Å². The maximum atomic E-state index is 14.0. The number of pyridine rings is 4. The Hall–Kier alpha value is -5.55. The fraction of sp³-hybridized carbons (Fsp3) is 0.375. The van der Waals surface area contributed by atoms with Crippen molar-refractivity contribution in [1.82, 2.24) is 19.1 Å². The minimum Gasteiger partial charge on any atom is -0.458 e. The number of carbonyl (C=O) groups is 2. The van der Waals surface area contributed by atoms with Gasteiger partial charge in [-0.2, -0.15) is 0 Å². The summed E-state index contributed by atoms with van der Waals surface area (Å²) in [6.07, 6.45) is 1.75. The van der Waals surface area contributed by atoms with E-state index in [-0.39, 0.29) is 37.2 Å². The fourth-order valence-corrected chi connectivity index (χ4v) is 14.8. The minimum atomic E-state index is -2.05. The highest BCUT2D eigenvalue weighted by molar-refractivity contribution is 6.91. The zero-order valence-corrected chi connectivity index (χ0v) is 38.4. The summed E-state index contributed by atoms with van der Waals surface area (Å²) in [5.41, 5.74) is 5.78. The molecule has 0 spiro atoms. The molecule has 0 bridgehead atoms. The zero-order valence-electron chi connectivity index (χ0n) is 36.4. The molecule has 2 aromatic carbocycles. The monoisotopic (exact) mass is 866 g/mol. The van der Waals surface area contributed by atoms with Gasteiger partial charge in [-0.3, -0.25) is 9.59 Å². The van der Waals surface area contributed by atoms with Crippen molar-refractivity contribution in [2.45, 2.75) is 116 Å². The Kier molecular flexibility index (Phi) is 8.81. The summed E-state index contributed by atoms with van der Waals surface area (Å²) in [7, 11) is -4.10. The van der Waals surface area contributed by atoms with Gasteiger partial charge in [0.15, 0.2) is 11.2 Å². The fourth-order valence-electron chi connectivity index (χ4n) is 10.6. The Balaban J connectivity index is 1.02. The van der Waals surface area contributed by atoms with E-state index in [4.69, 9.17) is 19.4 Å². The molecule has 0 saturated carbocycles. The molecule has 4 aliphatic heterocycles. The highest BCUT2D eigenvalue weighted by Gasteiger charge is 2.47. The lowest BCUT2D eigenvalue weighted by molar-refractivity contribution is -0.172. The van der Waals surface area contributed by atoms with Crippen LogP contribution in [0.4, 0.5) is 0 Å². The van der Waals surface area contributed by atoms with Crippen LogP contribution < -0.4 is 21.5 Å². The number of fused-ring (bicyclic) bond motifs is 10. The number of aryl methyl sites for hydroxylation is 2. The van der Waals surface area contributed by atoms with Crippen LogP contribution in [0.1, 0.15) is 71.2 Å². The van der Waals surface area contributed by atoms with Gasteiger partial charge in [-0.1, -0.05) is 65.3 Å². The highest BCUT2D eigenvalue weighted by Crippen LogP contribution is 2.41. The van der Waals surface area contributed by atoms with Crippen LogP contribution in [0.25, 0.3) is 44.6 Å². The third kappa shape index (κ3) is 5.68. The van der Waals surface area contributed by atoms with Crippen molar-refractivity contribution in [1.29, 1.82) is 0 Å². The van der Waals surface area contributed by atoms with E-state index in [1.807, 2.05) is 0 Å². The molecule has 4 aliphatic rings. The molecular weight excluding hydrogens is 817 g/mol. The van der Waals surface area contributed by atoms with Crippen molar-refractivity contribution >= 4 is 60.3 Å². The number of carbonyl (C=O) groups excluding carboxylic acids is 2. The summed E-state index contributed by atoms with van der Waals surface area (Å²) < 4.78 is 14.0. The first-order valence-corrected chi connectivity index (χ1v) is 28.5. The van der Waals surface area contributed by atoms with E-state index in [9.17, 15) is 29.4 Å². The van der Waals surface area contributed by atoms with Gasteiger partial charge in [-0.25, -0.2) is 19.6 Å². The van der Waals surface area contributed by atoms with Gasteiger partial charge in [0.1, 0.15) is 13.2 Å². The van der Waals surface area contributed by atoms with E-state index in [2.05, 4.69) is 75.7 Å². The van der Waals surface area contributed by atoms with Crippen molar-refractivity contribution in [2.24, 2.45) is 0 Å². The summed E-state index contributed by atoms with van der Waals surface area (Å²) in [6.45, 7) is 17.7. The summed E-state index contributed by atoms with van der Waals surface area (Å²) in [5, 5.41) is 27.5. The second kappa shape index (κ2) is 13.5. The molecule has 0 saturated heterocycles. The van der Waals surface area contributed by atoms with E-state index in [1.54, 1.807) is 35.1 Å². The van der Waals surface area contributed by atoms with Crippen LogP contribution in [0.15, 0.2) is 58.1 Å². The van der Waals surface area contributed by atoms with Crippen LogP contribution in [-0.2, 0) is 69.4 Å². The number of ether oxygens (including phenoxy) is 2. The number of rotatable bonds is 7. The number of esters is 2. The van der Waals surface area contributed by atoms with Gasteiger partial charge in [-0.15, -0.1) is 0 Å². The second-order valence-electron chi connectivity index (χ2n) is 19.5. The maximum Gasteiger partial charge on any atom is 0.343 e. The van der Waals surface area contributed by atoms with Gasteiger partial charge in [0.25, 0.3) is 11.1 Å². The first kappa shape index (κ1) is 40.5. The Morgan fingerprint density at radius 3 is 1.34 bits per heavy atom. The molecule has 0 radical (unpaired) electrons. The second-order valence-corrected chi connectivity index (χ2v) is 29.5. The molecule has 8 heterocycles. The third-order valence-electron chi connectivity index (χ3n) is 13.7. The van der Waals surface area contributed by atoms with Gasteiger partial charge < -0.3 is 28.8 Å². The predicted molar refractivity (Wildman–Crippen MR) is 242 cm³/mol. The molecule has 0 aliphatic carbocycles. The van der Waals surface area contributed by atoms with Gasteiger partial charge >= 0.3 is 11.9 Å². The number of aromatic nitrogens is 4. The molecule has 62 heavy (non-hydrogen) atoms. The van der Waals surface area contributed by atoms with E-state index >= 15 is 0 Å². The molecule has 2 atom stereocenters. The molecule has 4 aromatic heterocycles. The molecule has 6 aromatic rings. The van der Waals surface area contributed by atoms with E-state index < -0.39 is 39.3 Å². The van der Waals surface area contributed by atoms with Crippen molar-refractivity contribution in [2.75, 3.05) is 0 Å². The average molecular weight is 867 g/mol. The number of benzene rings is 2. The van der Waals surface area contributed by atoms with Crippen LogP contribution in [-0.4, -0.2) is 57.4 Å². The standard InChI is InChI=1S/C48H50N4O8Si2/c1-9-47(57)33-19-37-39-29(21-51(37)43(53)31(33)23-59-45(47)55)41(61(3,4)5)27-17-25(13-15-35(27)49-39)11-12-26-14-16-36-28(18-26)42(62(6,7)8)30-22-52-38(40(30)50-36)20-34-32(44(52)54)24-60-46(56)48(34,58)10-2/h13-20,57-58H,9-12,21-24H2,1-8H3/t47-,48-/m0/s1. The molecule has 10 rings (SSSR count). The lowest BCUT2D eigenvalue weighted by Gasteiger charge is -2.31. The van der Waals surface area contributed by atoms with Crippen LogP contribution in [0.5, 0.6) is 0 Å². The van der Waals surface area contributed by atoms with Crippen LogP contribution in [0.3, 0.4) is 0 Å². The van der Waals surface area contributed by atoms with E-state index in [0.717, 1.165) is 57.2 Å². The largest absolute Gasteiger partial charge is 0.458 e. The summed E-state index contributed by atoms with van der Waals surface area (Å²) >= 11 is 0. The molecule has 14 heteroatoms. The summed E-state index contributed by atoms with van der Waals surface area (Å²) in [6, 6.07) is 16.5. The molecular formula is C48H50N4O8Si2. The number of nitrogens with zero attached hydrogens (tertiary/aromatic N) is 4. The molecule has 0 fully saturated rings. The molecule has 318 valence electrons. The van der Waals surface area contributed by atoms with Crippen molar-refractivity contribution in [3.05, 3.63) is 114 Å². The van der Waals surface area contributed by atoms with Gasteiger partial charge in [0, 0.05) is 21.9 Å². The Labute approximate surface area is 360 Å². The summed E-state index contributed by atoms with van der Waals surface area (Å²) in [4.78, 5) is 63.8. The Bertz CT molecular complexity index is 2950. The molecule has 0 amide bonds. The van der Waals surface area contributed by atoms with E-state index in [1.165, 1.54) is 21.5 Å². The van der Waals surface area contributed by atoms with Gasteiger partial charge in [-0.05, 0) is 94.7 Å². The highest BCUT2D eigenvalue weighted by atomic mass is 28.3. The maximum absolute atomic E-state index is 14.0. The van der Waals surface area contributed by atoms with Crippen molar-refractivity contribution < 1.29 is 29.3 Å². The summed E-state index contributed by atoms with van der Waals surface area (Å²) in [5.74, 6) is -1.47. The SMILES string of the molecule is CC[C@@]1(O)C(=O)OCc2c1cc1n(c2=O)Cc2c-1nc1ccc(CCc3ccc4nc5c(c([Si](C)(C)C)c4c3)Cn3c-5cc4c(c3=O)COC(=O)[C@]4(O)CC)cc1c2[Si](C)(C)C. The molecule has 0 unspecified atom stereocenters. The quantitative estimate of drug-likeness (QED) is 0.158. The zero-order chi connectivity index (χ0) is 44.0. The average Bonchev–Trinajstić information content (AvgIpc) is 3.78. The normalized spacial score (nSPS) is 20.0. The first-order chi connectivity index (χ1) is 29.3. The van der Waals surface area contributed by atoms with Crippen molar-refractivity contribution in [3.63, 3.8) is 0 Å². The van der Waals surface area contributed by atoms with Crippen LogP contribution in [0.2, 0.25) is 39.3 Å². The van der Waals surface area contributed by atoms with Gasteiger partial charge in [0.2, 0.25) is 0 Å².